The zero-order chi connectivity index (χ0) is 15.6. The van der Waals surface area contributed by atoms with Crippen molar-refractivity contribution in [3.8, 4) is 0 Å². The van der Waals surface area contributed by atoms with Crippen molar-refractivity contribution in [1.29, 1.82) is 0 Å². The minimum atomic E-state index is -2.97. The molecule has 7 nitrogen and oxygen atoms in total. The molecule has 1 unspecified atom stereocenters. The van der Waals surface area contributed by atoms with Crippen molar-refractivity contribution in [2.24, 2.45) is 5.92 Å². The SMILES string of the molecule is Cc1c(C(=O)NCC2CCS(=O)(=O)C2)cccc1[N+](=O)[O-]. The van der Waals surface area contributed by atoms with E-state index in [0.717, 1.165) is 0 Å². The maximum atomic E-state index is 12.1. The summed E-state index contributed by atoms with van der Waals surface area (Å²) in [5.74, 6) is -0.261. The van der Waals surface area contributed by atoms with Crippen molar-refractivity contribution < 1.29 is 18.1 Å². The molecule has 0 spiro atoms. The van der Waals surface area contributed by atoms with Crippen LogP contribution in [0.3, 0.4) is 0 Å². The molecule has 1 saturated heterocycles. The van der Waals surface area contributed by atoms with Crippen LogP contribution < -0.4 is 5.32 Å². The summed E-state index contributed by atoms with van der Waals surface area (Å²) in [4.78, 5) is 22.4. The summed E-state index contributed by atoms with van der Waals surface area (Å²) in [5.41, 5.74) is 0.440. The van der Waals surface area contributed by atoms with Crippen LogP contribution in [0.1, 0.15) is 22.3 Å². The normalized spacial score (nSPS) is 20.1. The van der Waals surface area contributed by atoms with Crippen LogP contribution in [0.4, 0.5) is 5.69 Å². The summed E-state index contributed by atoms with van der Waals surface area (Å²) in [6.07, 6.45) is 0.538. The van der Waals surface area contributed by atoms with E-state index in [-0.39, 0.29) is 35.2 Å². The van der Waals surface area contributed by atoms with Gasteiger partial charge in [0.05, 0.1) is 16.4 Å². The molecule has 1 heterocycles. The highest BCUT2D eigenvalue weighted by atomic mass is 32.2. The average Bonchev–Trinajstić information content (AvgIpc) is 2.75. The van der Waals surface area contributed by atoms with E-state index in [4.69, 9.17) is 0 Å². The van der Waals surface area contributed by atoms with Crippen molar-refractivity contribution >= 4 is 21.4 Å². The van der Waals surface area contributed by atoms with Crippen molar-refractivity contribution in [2.45, 2.75) is 13.3 Å². The molecule has 1 aromatic carbocycles. The second-order valence-corrected chi connectivity index (χ2v) is 7.41. The van der Waals surface area contributed by atoms with Gasteiger partial charge in [-0.25, -0.2) is 8.42 Å². The standard InChI is InChI=1S/C13H16N2O5S/c1-9-11(3-2-4-12(9)15(17)18)13(16)14-7-10-5-6-21(19,20)8-10/h2-4,10H,5-8H2,1H3,(H,14,16). The molecule has 0 aliphatic carbocycles. The number of nitrogens with zero attached hydrogens (tertiary/aromatic N) is 1. The maximum absolute atomic E-state index is 12.1. The van der Waals surface area contributed by atoms with Crippen molar-refractivity contribution in [3.05, 3.63) is 39.4 Å². The highest BCUT2D eigenvalue weighted by Gasteiger charge is 2.28. The molecular formula is C13H16N2O5S. The Balaban J connectivity index is 2.05. The molecule has 2 rings (SSSR count). The van der Waals surface area contributed by atoms with Crippen LogP contribution in [-0.4, -0.2) is 37.3 Å². The minimum Gasteiger partial charge on any atom is -0.352 e. The lowest BCUT2D eigenvalue weighted by Gasteiger charge is -2.11. The van der Waals surface area contributed by atoms with Gasteiger partial charge in [0.1, 0.15) is 0 Å². The zero-order valence-electron chi connectivity index (χ0n) is 11.5. The Hall–Kier alpha value is -1.96. The largest absolute Gasteiger partial charge is 0.352 e. The molecule has 1 atom stereocenters. The highest BCUT2D eigenvalue weighted by Crippen LogP contribution is 2.21. The van der Waals surface area contributed by atoms with Crippen LogP contribution in [0.5, 0.6) is 0 Å². The summed E-state index contributed by atoms with van der Waals surface area (Å²) >= 11 is 0. The van der Waals surface area contributed by atoms with E-state index in [2.05, 4.69) is 5.32 Å². The molecule has 0 aromatic heterocycles. The summed E-state index contributed by atoms with van der Waals surface area (Å²) in [7, 11) is -2.97. The van der Waals surface area contributed by atoms with Gasteiger partial charge in [0, 0.05) is 23.7 Å². The first-order chi connectivity index (χ1) is 9.80. The molecule has 0 radical (unpaired) electrons. The fraction of sp³-hybridized carbons (Fsp3) is 0.462. The topological polar surface area (TPSA) is 106 Å². The number of carbonyl (C=O) groups is 1. The third kappa shape index (κ3) is 3.57. The second kappa shape index (κ2) is 5.80. The third-order valence-corrected chi connectivity index (χ3v) is 5.46. The van der Waals surface area contributed by atoms with Crippen molar-refractivity contribution in [3.63, 3.8) is 0 Å². The number of carbonyl (C=O) groups excluding carboxylic acids is 1. The fourth-order valence-corrected chi connectivity index (χ4v) is 4.29. The molecule has 1 N–H and O–H groups in total. The first-order valence-corrected chi connectivity index (χ1v) is 8.35. The van der Waals surface area contributed by atoms with E-state index >= 15 is 0 Å². The first kappa shape index (κ1) is 15.4. The van der Waals surface area contributed by atoms with Crippen LogP contribution in [0.25, 0.3) is 0 Å². The van der Waals surface area contributed by atoms with Gasteiger partial charge in [0.2, 0.25) is 0 Å². The molecule has 114 valence electrons. The number of benzene rings is 1. The van der Waals surface area contributed by atoms with E-state index < -0.39 is 20.7 Å². The van der Waals surface area contributed by atoms with Gasteiger partial charge in [-0.3, -0.25) is 14.9 Å². The Morgan fingerprint density at radius 2 is 2.19 bits per heavy atom. The Bertz CT molecular complexity index is 684. The Labute approximate surface area is 122 Å². The third-order valence-electron chi connectivity index (χ3n) is 3.62. The van der Waals surface area contributed by atoms with Gasteiger partial charge < -0.3 is 5.32 Å². The number of nitro groups is 1. The quantitative estimate of drug-likeness (QED) is 0.661. The van der Waals surface area contributed by atoms with Crippen molar-refractivity contribution in [2.75, 3.05) is 18.1 Å². The number of hydrogen-bond donors (Lipinski definition) is 1. The number of sulfone groups is 1. The van der Waals surface area contributed by atoms with Gasteiger partial charge >= 0.3 is 0 Å². The number of nitro benzene ring substituents is 1. The molecule has 1 aliphatic rings. The van der Waals surface area contributed by atoms with E-state index in [1.54, 1.807) is 0 Å². The lowest BCUT2D eigenvalue weighted by atomic mass is 10.1. The molecule has 21 heavy (non-hydrogen) atoms. The van der Waals surface area contributed by atoms with E-state index in [0.29, 0.717) is 12.0 Å². The van der Waals surface area contributed by atoms with E-state index in [1.807, 2.05) is 0 Å². The second-order valence-electron chi connectivity index (χ2n) is 5.19. The molecular weight excluding hydrogens is 296 g/mol. The molecule has 1 aromatic rings. The van der Waals surface area contributed by atoms with Gasteiger partial charge in [-0.2, -0.15) is 0 Å². The summed E-state index contributed by atoms with van der Waals surface area (Å²) in [5, 5.41) is 13.5. The molecule has 1 fully saturated rings. The van der Waals surface area contributed by atoms with E-state index in [9.17, 15) is 23.3 Å². The summed E-state index contributed by atoms with van der Waals surface area (Å²) in [6, 6.07) is 4.32. The lowest BCUT2D eigenvalue weighted by molar-refractivity contribution is -0.385. The van der Waals surface area contributed by atoms with Gasteiger partial charge in [0.25, 0.3) is 11.6 Å². The van der Waals surface area contributed by atoms with Gasteiger partial charge in [-0.05, 0) is 25.3 Å². The van der Waals surface area contributed by atoms with E-state index in [1.165, 1.54) is 25.1 Å². The summed E-state index contributed by atoms with van der Waals surface area (Å²) < 4.78 is 22.7. The first-order valence-electron chi connectivity index (χ1n) is 6.53. The van der Waals surface area contributed by atoms with Crippen LogP contribution in [0.2, 0.25) is 0 Å². The van der Waals surface area contributed by atoms with Crippen LogP contribution in [0, 0.1) is 23.0 Å². The maximum Gasteiger partial charge on any atom is 0.273 e. The number of nitrogens with one attached hydrogen (secondary N) is 1. The monoisotopic (exact) mass is 312 g/mol. The minimum absolute atomic E-state index is 0.0845. The van der Waals surface area contributed by atoms with Gasteiger partial charge in [-0.1, -0.05) is 6.07 Å². The number of rotatable bonds is 4. The molecule has 1 amide bonds. The fourth-order valence-electron chi connectivity index (χ4n) is 2.43. The molecule has 0 bridgehead atoms. The number of amides is 1. The van der Waals surface area contributed by atoms with Crippen LogP contribution >= 0.6 is 0 Å². The predicted molar refractivity (Wildman–Crippen MR) is 76.9 cm³/mol. The molecule has 0 saturated carbocycles. The average molecular weight is 312 g/mol. The van der Waals surface area contributed by atoms with Crippen LogP contribution in [0.15, 0.2) is 18.2 Å². The molecule has 8 heteroatoms. The lowest BCUT2D eigenvalue weighted by Crippen LogP contribution is -2.30. The van der Waals surface area contributed by atoms with Gasteiger partial charge in [0.15, 0.2) is 9.84 Å². The Morgan fingerprint density at radius 3 is 2.76 bits per heavy atom. The summed E-state index contributed by atoms with van der Waals surface area (Å²) in [6.45, 7) is 1.78. The Morgan fingerprint density at radius 1 is 1.48 bits per heavy atom. The smallest absolute Gasteiger partial charge is 0.273 e. The van der Waals surface area contributed by atoms with Crippen LogP contribution in [-0.2, 0) is 9.84 Å². The molecule has 1 aliphatic heterocycles. The number of hydrogen-bond acceptors (Lipinski definition) is 5. The predicted octanol–water partition coefficient (Wildman–Crippen LogP) is 1.07. The zero-order valence-corrected chi connectivity index (χ0v) is 12.4. The Kier molecular flexibility index (Phi) is 4.26. The van der Waals surface area contributed by atoms with Gasteiger partial charge in [-0.15, -0.1) is 0 Å². The highest BCUT2D eigenvalue weighted by molar-refractivity contribution is 7.91. The van der Waals surface area contributed by atoms with Crippen molar-refractivity contribution in [1.82, 2.24) is 5.32 Å².